The highest BCUT2D eigenvalue weighted by Crippen LogP contribution is 2.33. The summed E-state index contributed by atoms with van der Waals surface area (Å²) >= 11 is 1.20. The second kappa shape index (κ2) is 6.61. The highest BCUT2D eigenvalue weighted by molar-refractivity contribution is 8.18. The Morgan fingerprint density at radius 3 is 2.67 bits per heavy atom. The van der Waals surface area contributed by atoms with Crippen LogP contribution in [0.25, 0.3) is 5.57 Å². The van der Waals surface area contributed by atoms with Crippen molar-refractivity contribution in [1.29, 1.82) is 5.26 Å². The Kier molecular flexibility index (Phi) is 4.83. The van der Waals surface area contributed by atoms with Gasteiger partial charge in [0.2, 0.25) is 0 Å². The molecule has 5 nitrogen and oxygen atoms in total. The number of hydrogen-bond acceptors (Lipinski definition) is 6. The largest absolute Gasteiger partial charge is 0.328 e. The van der Waals surface area contributed by atoms with Gasteiger partial charge in [0.05, 0.1) is 11.3 Å². The summed E-state index contributed by atoms with van der Waals surface area (Å²) in [5.74, 6) is -0.145. The third-order valence-electron chi connectivity index (χ3n) is 2.61. The van der Waals surface area contributed by atoms with E-state index in [1.807, 2.05) is 30.3 Å². The number of nitrogens with zero attached hydrogens (tertiary/aromatic N) is 2. The van der Waals surface area contributed by atoms with Gasteiger partial charge in [-0.2, -0.15) is 13.7 Å². The summed E-state index contributed by atoms with van der Waals surface area (Å²) in [7, 11) is -3.62. The lowest BCUT2D eigenvalue weighted by Crippen LogP contribution is -2.04. The molecule has 7 heteroatoms. The van der Waals surface area contributed by atoms with Gasteiger partial charge in [-0.3, -0.25) is 4.28 Å². The molecule has 0 amide bonds. The quantitative estimate of drug-likeness (QED) is 0.629. The number of nitriles is 1. The molecule has 0 saturated carbocycles. The van der Waals surface area contributed by atoms with Gasteiger partial charge in [-0.05, 0) is 24.6 Å². The maximum absolute atomic E-state index is 11.2. The van der Waals surface area contributed by atoms with Crippen LogP contribution < -0.4 is 0 Å². The molecule has 108 valence electrons. The lowest BCUT2D eigenvalue weighted by atomic mass is 10.1. The molecular weight excluding hydrogens is 308 g/mol. The minimum absolute atomic E-state index is 0.145. The van der Waals surface area contributed by atoms with Crippen LogP contribution in [-0.4, -0.2) is 19.2 Å². The first-order valence-corrected chi connectivity index (χ1v) is 8.50. The van der Waals surface area contributed by atoms with Crippen LogP contribution in [0.2, 0.25) is 0 Å². The van der Waals surface area contributed by atoms with Crippen molar-refractivity contribution in [2.75, 3.05) is 5.75 Å². The fourth-order valence-corrected chi connectivity index (χ4v) is 2.71. The molecule has 0 fully saturated rings. The van der Waals surface area contributed by atoms with Gasteiger partial charge in [-0.25, -0.2) is 0 Å². The summed E-state index contributed by atoms with van der Waals surface area (Å²) in [6, 6.07) is 11.4. The van der Waals surface area contributed by atoms with Gasteiger partial charge in [-0.1, -0.05) is 47.2 Å². The van der Waals surface area contributed by atoms with Crippen molar-refractivity contribution < 1.29 is 12.7 Å². The van der Waals surface area contributed by atoms with E-state index in [0.29, 0.717) is 15.5 Å². The van der Waals surface area contributed by atoms with E-state index in [1.165, 1.54) is 18.7 Å². The maximum Gasteiger partial charge on any atom is 0.328 e. The second-order valence-corrected chi connectivity index (χ2v) is 6.91. The molecule has 1 aliphatic heterocycles. The van der Waals surface area contributed by atoms with Crippen LogP contribution in [0.15, 0.2) is 52.5 Å². The molecule has 0 N–H and O–H groups in total. The summed E-state index contributed by atoms with van der Waals surface area (Å²) in [4.78, 5) is 0.708. The predicted molar refractivity (Wildman–Crippen MR) is 83.7 cm³/mol. The third kappa shape index (κ3) is 3.97. The van der Waals surface area contributed by atoms with E-state index in [9.17, 15) is 13.7 Å². The Morgan fingerprint density at radius 2 is 2.05 bits per heavy atom. The second-order valence-electron chi connectivity index (χ2n) is 4.00. The van der Waals surface area contributed by atoms with E-state index < -0.39 is 10.1 Å². The minimum Gasteiger partial charge on any atom is -0.267 e. The van der Waals surface area contributed by atoms with Gasteiger partial charge in [0.25, 0.3) is 0 Å². The molecule has 1 aromatic carbocycles. The third-order valence-corrected chi connectivity index (χ3v) is 4.60. The van der Waals surface area contributed by atoms with Gasteiger partial charge in [-0.15, -0.1) is 0 Å². The van der Waals surface area contributed by atoms with Crippen molar-refractivity contribution in [3.05, 3.63) is 53.0 Å². The number of oxime groups is 1. The van der Waals surface area contributed by atoms with Crippen molar-refractivity contribution in [2.24, 2.45) is 5.16 Å². The number of thioether (sulfide) groups is 1. The van der Waals surface area contributed by atoms with E-state index in [1.54, 1.807) is 12.2 Å². The number of hydrogen-bond donors (Lipinski definition) is 0. The Labute approximate surface area is 127 Å². The van der Waals surface area contributed by atoms with E-state index in [4.69, 9.17) is 0 Å². The van der Waals surface area contributed by atoms with Crippen molar-refractivity contribution in [1.82, 2.24) is 0 Å². The van der Waals surface area contributed by atoms with Crippen molar-refractivity contribution in [2.45, 2.75) is 6.92 Å². The molecule has 0 radical (unpaired) electrons. The predicted octanol–water partition coefficient (Wildman–Crippen LogP) is 2.90. The molecule has 0 atom stereocenters. The summed E-state index contributed by atoms with van der Waals surface area (Å²) in [6.45, 7) is 1.47. The lowest BCUT2D eigenvalue weighted by molar-refractivity contribution is 0.341. The number of rotatable bonds is 4. The first-order chi connectivity index (χ1) is 10.1. The van der Waals surface area contributed by atoms with Crippen LogP contribution in [0.3, 0.4) is 0 Å². The van der Waals surface area contributed by atoms with E-state index in [-0.39, 0.29) is 5.75 Å². The standard InChI is InChI=1S/C14H12N2O3S2/c1-2-21(17,18)19-16-14-9-8-13(20-14)12(10-15)11-6-4-3-5-7-11/h3-9H,2H2,1H3. The Hall–Kier alpha value is -2.04. The fraction of sp³-hybridized carbons (Fsp3) is 0.143. The van der Waals surface area contributed by atoms with Crippen LogP contribution in [0, 0.1) is 11.3 Å². The highest BCUT2D eigenvalue weighted by atomic mass is 32.2. The van der Waals surface area contributed by atoms with E-state index in [2.05, 4.69) is 15.5 Å². The van der Waals surface area contributed by atoms with Gasteiger partial charge in [0, 0.05) is 4.91 Å². The molecule has 1 aliphatic rings. The average molecular weight is 320 g/mol. The van der Waals surface area contributed by atoms with Crippen LogP contribution >= 0.6 is 11.8 Å². The SMILES string of the molecule is CCS(=O)(=O)ON=C1C=CC(=C(C#N)c2ccccc2)S1. The summed E-state index contributed by atoms with van der Waals surface area (Å²) in [5, 5.41) is 13.3. The topological polar surface area (TPSA) is 79.5 Å². The van der Waals surface area contributed by atoms with Gasteiger partial charge < -0.3 is 0 Å². The van der Waals surface area contributed by atoms with E-state index >= 15 is 0 Å². The Balaban J connectivity index is 2.23. The smallest absolute Gasteiger partial charge is 0.267 e. The van der Waals surface area contributed by atoms with Crippen LogP contribution in [0.1, 0.15) is 12.5 Å². The zero-order valence-electron chi connectivity index (χ0n) is 11.2. The molecule has 0 aliphatic carbocycles. The zero-order chi connectivity index (χ0) is 15.3. The fourth-order valence-electron chi connectivity index (χ4n) is 1.52. The molecular formula is C14H12N2O3S2. The van der Waals surface area contributed by atoms with Crippen LogP contribution in [-0.2, 0) is 14.4 Å². The summed E-state index contributed by atoms with van der Waals surface area (Å²) in [5.41, 5.74) is 1.32. The molecule has 0 saturated heterocycles. The summed E-state index contributed by atoms with van der Waals surface area (Å²) in [6.07, 6.45) is 3.34. The molecule has 0 unspecified atom stereocenters. The molecule has 1 heterocycles. The highest BCUT2D eigenvalue weighted by Gasteiger charge is 2.16. The van der Waals surface area contributed by atoms with Gasteiger partial charge >= 0.3 is 10.1 Å². The van der Waals surface area contributed by atoms with Crippen LogP contribution in [0.4, 0.5) is 0 Å². The molecule has 0 spiro atoms. The first kappa shape index (κ1) is 15.4. The molecule has 0 aromatic heterocycles. The Morgan fingerprint density at radius 1 is 1.33 bits per heavy atom. The average Bonchev–Trinajstić information content (AvgIpc) is 2.96. The number of allylic oxidation sites excluding steroid dienone is 2. The monoisotopic (exact) mass is 320 g/mol. The normalized spacial score (nSPS) is 18.6. The van der Waals surface area contributed by atoms with Gasteiger partial charge in [0.15, 0.2) is 0 Å². The van der Waals surface area contributed by atoms with E-state index in [0.717, 1.165) is 5.56 Å². The zero-order valence-corrected chi connectivity index (χ0v) is 12.8. The van der Waals surface area contributed by atoms with Crippen molar-refractivity contribution in [3.8, 4) is 6.07 Å². The minimum atomic E-state index is -3.62. The van der Waals surface area contributed by atoms with Crippen molar-refractivity contribution in [3.63, 3.8) is 0 Å². The first-order valence-electron chi connectivity index (χ1n) is 6.11. The molecule has 21 heavy (non-hydrogen) atoms. The molecule has 1 aromatic rings. The Bertz CT molecular complexity index is 757. The lowest BCUT2D eigenvalue weighted by Gasteiger charge is -2.02. The van der Waals surface area contributed by atoms with Crippen LogP contribution in [0.5, 0.6) is 0 Å². The van der Waals surface area contributed by atoms with Gasteiger partial charge in [0.1, 0.15) is 11.1 Å². The molecule has 2 rings (SSSR count). The van der Waals surface area contributed by atoms with Crippen molar-refractivity contribution >= 4 is 32.5 Å². The number of benzene rings is 1. The maximum atomic E-state index is 11.2. The summed E-state index contributed by atoms with van der Waals surface area (Å²) < 4.78 is 27.0. The molecule has 0 bridgehead atoms.